The minimum Gasteiger partial charge on any atom is -0.476 e. The smallest absolute Gasteiger partial charge is 0.419 e. The standard InChI is InChI=1S/C19H19F3N6O/c1-11-15(19(20,21)22)8-25-18(26-11)28-5-4-12(9-28)10-29-17-14(6-23)7-24-16(27-17)13-2-3-13/h7-8,12-13H,2-5,9-10H2,1H3. The second-order valence-electron chi connectivity index (χ2n) is 7.41. The number of alkyl halides is 3. The summed E-state index contributed by atoms with van der Waals surface area (Å²) in [6.07, 6.45) is 0.757. The van der Waals surface area contributed by atoms with E-state index in [9.17, 15) is 18.4 Å². The predicted octanol–water partition coefficient (Wildman–Crippen LogP) is 3.25. The molecule has 0 aromatic carbocycles. The molecule has 3 heterocycles. The first-order valence-electron chi connectivity index (χ1n) is 9.40. The van der Waals surface area contributed by atoms with Crippen LogP contribution in [0.1, 0.15) is 47.8 Å². The molecule has 0 bridgehead atoms. The van der Waals surface area contributed by atoms with Gasteiger partial charge < -0.3 is 9.64 Å². The fourth-order valence-corrected chi connectivity index (χ4v) is 3.34. The molecule has 2 aliphatic rings. The molecular formula is C19H19F3N6O. The molecule has 0 spiro atoms. The molecule has 1 saturated heterocycles. The number of ether oxygens (including phenoxy) is 1. The lowest BCUT2D eigenvalue weighted by Gasteiger charge is -2.18. The quantitative estimate of drug-likeness (QED) is 0.756. The third kappa shape index (κ3) is 4.23. The van der Waals surface area contributed by atoms with Crippen LogP contribution in [-0.4, -0.2) is 39.6 Å². The fraction of sp³-hybridized carbons (Fsp3) is 0.526. The van der Waals surface area contributed by atoms with Crippen LogP contribution in [0, 0.1) is 24.2 Å². The molecule has 1 aliphatic carbocycles. The lowest BCUT2D eigenvalue weighted by molar-refractivity contribution is -0.138. The zero-order valence-electron chi connectivity index (χ0n) is 15.8. The van der Waals surface area contributed by atoms with Crippen LogP contribution in [0.25, 0.3) is 0 Å². The highest BCUT2D eigenvalue weighted by molar-refractivity contribution is 5.37. The number of hydrogen-bond acceptors (Lipinski definition) is 7. The lowest BCUT2D eigenvalue weighted by atomic mass is 10.1. The summed E-state index contributed by atoms with van der Waals surface area (Å²) in [6.45, 7) is 2.88. The lowest BCUT2D eigenvalue weighted by Crippen LogP contribution is -2.25. The molecular weight excluding hydrogens is 385 g/mol. The molecule has 29 heavy (non-hydrogen) atoms. The zero-order valence-corrected chi connectivity index (χ0v) is 15.8. The van der Waals surface area contributed by atoms with E-state index in [0.29, 0.717) is 42.9 Å². The molecule has 10 heteroatoms. The van der Waals surface area contributed by atoms with Gasteiger partial charge >= 0.3 is 6.18 Å². The second kappa shape index (κ2) is 7.46. The number of halogens is 3. The van der Waals surface area contributed by atoms with Crippen LogP contribution in [0.5, 0.6) is 5.88 Å². The van der Waals surface area contributed by atoms with Crippen molar-refractivity contribution in [1.29, 1.82) is 5.26 Å². The molecule has 1 atom stereocenters. The maximum Gasteiger partial charge on any atom is 0.419 e. The van der Waals surface area contributed by atoms with Gasteiger partial charge in [-0.2, -0.15) is 23.4 Å². The van der Waals surface area contributed by atoms with E-state index in [2.05, 4.69) is 19.9 Å². The van der Waals surface area contributed by atoms with Crippen LogP contribution in [0.2, 0.25) is 0 Å². The molecule has 1 saturated carbocycles. The van der Waals surface area contributed by atoms with Gasteiger partial charge in [0.25, 0.3) is 0 Å². The first-order chi connectivity index (χ1) is 13.8. The van der Waals surface area contributed by atoms with Crippen molar-refractivity contribution in [3.05, 3.63) is 35.0 Å². The predicted molar refractivity (Wildman–Crippen MR) is 96.3 cm³/mol. The third-order valence-corrected chi connectivity index (χ3v) is 5.13. The van der Waals surface area contributed by atoms with Crippen LogP contribution in [0.4, 0.5) is 19.1 Å². The molecule has 0 radical (unpaired) electrons. The zero-order chi connectivity index (χ0) is 20.6. The summed E-state index contributed by atoms with van der Waals surface area (Å²) in [4.78, 5) is 18.4. The third-order valence-electron chi connectivity index (χ3n) is 5.13. The van der Waals surface area contributed by atoms with Crippen molar-refractivity contribution in [2.24, 2.45) is 5.92 Å². The van der Waals surface area contributed by atoms with Crippen LogP contribution < -0.4 is 9.64 Å². The van der Waals surface area contributed by atoms with Gasteiger partial charge in [0.2, 0.25) is 11.8 Å². The van der Waals surface area contributed by atoms with E-state index < -0.39 is 11.7 Å². The van der Waals surface area contributed by atoms with E-state index >= 15 is 0 Å². The molecule has 0 N–H and O–H groups in total. The largest absolute Gasteiger partial charge is 0.476 e. The van der Waals surface area contributed by atoms with Crippen molar-refractivity contribution < 1.29 is 17.9 Å². The Labute approximate surface area is 165 Å². The molecule has 0 amide bonds. The Morgan fingerprint density at radius 2 is 2.00 bits per heavy atom. The van der Waals surface area contributed by atoms with Gasteiger partial charge in [-0.3, -0.25) is 0 Å². The summed E-state index contributed by atoms with van der Waals surface area (Å²) in [5.74, 6) is 1.78. The van der Waals surface area contributed by atoms with E-state index in [4.69, 9.17) is 4.74 Å². The van der Waals surface area contributed by atoms with E-state index in [1.165, 1.54) is 13.1 Å². The highest BCUT2D eigenvalue weighted by Gasteiger charge is 2.34. The number of aryl methyl sites for hydroxylation is 1. The van der Waals surface area contributed by atoms with Crippen molar-refractivity contribution in [3.63, 3.8) is 0 Å². The Hall–Kier alpha value is -2.96. The number of aromatic nitrogens is 4. The monoisotopic (exact) mass is 404 g/mol. The minimum atomic E-state index is -4.46. The number of anilines is 1. The Balaban J connectivity index is 1.39. The Kier molecular flexibility index (Phi) is 4.98. The maximum atomic E-state index is 12.9. The average Bonchev–Trinajstić information content (AvgIpc) is 3.43. The number of hydrogen-bond donors (Lipinski definition) is 0. The molecule has 152 valence electrons. The molecule has 2 aromatic heterocycles. The van der Waals surface area contributed by atoms with Gasteiger partial charge in [0.05, 0.1) is 24.1 Å². The van der Waals surface area contributed by atoms with Gasteiger partial charge in [-0.05, 0) is 26.2 Å². The van der Waals surface area contributed by atoms with E-state index in [-0.39, 0.29) is 17.6 Å². The van der Waals surface area contributed by atoms with Crippen molar-refractivity contribution in [1.82, 2.24) is 19.9 Å². The molecule has 1 unspecified atom stereocenters. The SMILES string of the molecule is Cc1nc(N2CCC(COc3nc(C4CC4)ncc3C#N)C2)ncc1C(F)(F)F. The first-order valence-corrected chi connectivity index (χ1v) is 9.40. The fourth-order valence-electron chi connectivity index (χ4n) is 3.34. The van der Waals surface area contributed by atoms with Gasteiger partial charge in [0.15, 0.2) is 0 Å². The average molecular weight is 404 g/mol. The van der Waals surface area contributed by atoms with Crippen molar-refractivity contribution >= 4 is 5.95 Å². The van der Waals surface area contributed by atoms with Gasteiger partial charge in [-0.15, -0.1) is 0 Å². The normalized spacial score (nSPS) is 19.3. The van der Waals surface area contributed by atoms with Crippen molar-refractivity contribution in [2.45, 2.75) is 38.3 Å². The summed E-state index contributed by atoms with van der Waals surface area (Å²) in [5.41, 5.74) is -0.611. The molecule has 4 rings (SSSR count). The summed E-state index contributed by atoms with van der Waals surface area (Å²) in [5, 5.41) is 9.24. The van der Waals surface area contributed by atoms with E-state index in [1.54, 1.807) is 0 Å². The molecule has 7 nitrogen and oxygen atoms in total. The molecule has 2 fully saturated rings. The van der Waals surface area contributed by atoms with Crippen LogP contribution >= 0.6 is 0 Å². The number of nitrogens with zero attached hydrogens (tertiary/aromatic N) is 6. The van der Waals surface area contributed by atoms with E-state index in [0.717, 1.165) is 25.5 Å². The summed E-state index contributed by atoms with van der Waals surface area (Å²) in [6, 6.07) is 2.04. The minimum absolute atomic E-state index is 0.0885. The first kappa shape index (κ1) is 19.4. The Bertz CT molecular complexity index is 954. The highest BCUT2D eigenvalue weighted by atomic mass is 19.4. The topological polar surface area (TPSA) is 87.8 Å². The number of rotatable bonds is 5. The summed E-state index contributed by atoms with van der Waals surface area (Å²) >= 11 is 0. The van der Waals surface area contributed by atoms with Crippen molar-refractivity contribution in [3.8, 4) is 11.9 Å². The van der Waals surface area contributed by atoms with Crippen molar-refractivity contribution in [2.75, 3.05) is 24.6 Å². The Morgan fingerprint density at radius 1 is 1.21 bits per heavy atom. The Morgan fingerprint density at radius 3 is 2.66 bits per heavy atom. The maximum absolute atomic E-state index is 12.9. The molecule has 2 aromatic rings. The summed E-state index contributed by atoms with van der Waals surface area (Å²) in [7, 11) is 0. The van der Waals surface area contributed by atoms with Gasteiger partial charge in [0, 0.05) is 31.1 Å². The van der Waals surface area contributed by atoms with Crippen LogP contribution in [-0.2, 0) is 6.18 Å². The summed E-state index contributed by atoms with van der Waals surface area (Å²) < 4.78 is 44.5. The second-order valence-corrected chi connectivity index (χ2v) is 7.41. The van der Waals surface area contributed by atoms with Gasteiger partial charge in [-0.25, -0.2) is 15.0 Å². The van der Waals surface area contributed by atoms with E-state index in [1.807, 2.05) is 11.0 Å². The number of nitriles is 1. The van der Waals surface area contributed by atoms with Gasteiger partial charge in [0.1, 0.15) is 17.5 Å². The highest BCUT2D eigenvalue weighted by Crippen LogP contribution is 2.38. The molecule has 1 aliphatic heterocycles. The van der Waals surface area contributed by atoms with Gasteiger partial charge in [-0.1, -0.05) is 0 Å². The van der Waals surface area contributed by atoms with Crippen LogP contribution in [0.3, 0.4) is 0 Å². The van der Waals surface area contributed by atoms with Crippen LogP contribution in [0.15, 0.2) is 12.4 Å².